The van der Waals surface area contributed by atoms with E-state index < -0.39 is 0 Å². The lowest BCUT2D eigenvalue weighted by atomic mass is 10.1. The summed E-state index contributed by atoms with van der Waals surface area (Å²) in [6.45, 7) is 7.39. The number of aryl methyl sites for hydroxylation is 1. The van der Waals surface area contributed by atoms with E-state index in [2.05, 4.69) is 18.8 Å². The van der Waals surface area contributed by atoms with Crippen molar-refractivity contribution < 1.29 is 10.0 Å². The van der Waals surface area contributed by atoms with E-state index in [-0.39, 0.29) is 5.91 Å². The molecule has 0 aliphatic carbocycles. The van der Waals surface area contributed by atoms with Gasteiger partial charge in [0.2, 0.25) is 0 Å². The Morgan fingerprint density at radius 3 is 2.70 bits per heavy atom. The monoisotopic (exact) mass is 331 g/mol. The van der Waals surface area contributed by atoms with Crippen molar-refractivity contribution in [2.45, 2.75) is 33.6 Å². The van der Waals surface area contributed by atoms with Crippen molar-refractivity contribution in [3.63, 3.8) is 0 Å². The van der Waals surface area contributed by atoms with Gasteiger partial charge in [-0.05, 0) is 36.8 Å². The molecule has 1 amide bonds. The van der Waals surface area contributed by atoms with E-state index in [1.807, 2.05) is 23.3 Å². The Morgan fingerprint density at radius 2 is 2.04 bits per heavy atom. The minimum absolute atomic E-state index is 0.116. The number of carbonyl (C=O) groups is 1. The van der Waals surface area contributed by atoms with Gasteiger partial charge in [-0.2, -0.15) is 4.73 Å². The van der Waals surface area contributed by atoms with Gasteiger partial charge >= 0.3 is 0 Å². The maximum absolute atomic E-state index is 12.9. The van der Waals surface area contributed by atoms with Crippen LogP contribution in [0.4, 0.5) is 0 Å². The molecule has 0 saturated carbocycles. The molecule has 0 aliphatic heterocycles. The topological polar surface area (TPSA) is 58.4 Å². The van der Waals surface area contributed by atoms with Gasteiger partial charge in [0, 0.05) is 18.5 Å². The van der Waals surface area contributed by atoms with Gasteiger partial charge in [-0.3, -0.25) is 9.78 Å². The molecule has 1 N–H and O–H groups in total. The van der Waals surface area contributed by atoms with E-state index in [0.717, 1.165) is 38.7 Å². The summed E-state index contributed by atoms with van der Waals surface area (Å²) < 4.78 is 2.02. The molecule has 3 aromatic heterocycles. The van der Waals surface area contributed by atoms with Crippen LogP contribution in [0.5, 0.6) is 0 Å². The number of thiophene rings is 1. The van der Waals surface area contributed by atoms with Gasteiger partial charge in [0.15, 0.2) is 0 Å². The maximum atomic E-state index is 12.9. The molecule has 6 heteroatoms. The van der Waals surface area contributed by atoms with Gasteiger partial charge in [-0.15, -0.1) is 11.3 Å². The molecule has 0 unspecified atom stereocenters. The van der Waals surface area contributed by atoms with E-state index >= 15 is 0 Å². The zero-order chi connectivity index (χ0) is 16.6. The lowest BCUT2D eigenvalue weighted by Gasteiger charge is -2.21. The number of aromatic nitrogens is 2. The number of amides is 1. The molecule has 122 valence electrons. The molecule has 0 aromatic carbocycles. The average molecular weight is 331 g/mol. The van der Waals surface area contributed by atoms with Gasteiger partial charge in [-0.25, -0.2) is 0 Å². The Hall–Kier alpha value is -2.08. The number of hydrogen-bond donors (Lipinski definition) is 1. The third-order valence-corrected chi connectivity index (χ3v) is 5.02. The Bertz CT molecular complexity index is 860. The van der Waals surface area contributed by atoms with Crippen molar-refractivity contribution in [1.82, 2.24) is 14.6 Å². The van der Waals surface area contributed by atoms with Crippen LogP contribution in [-0.2, 0) is 0 Å². The Morgan fingerprint density at radius 1 is 1.35 bits per heavy atom. The third-order valence-electron chi connectivity index (χ3n) is 4.10. The highest BCUT2D eigenvalue weighted by molar-refractivity contribution is 7.18. The molecule has 3 heterocycles. The summed E-state index contributed by atoms with van der Waals surface area (Å²) in [5, 5.41) is 13.5. The van der Waals surface area contributed by atoms with Gasteiger partial charge in [0.1, 0.15) is 11.2 Å². The van der Waals surface area contributed by atoms with Crippen molar-refractivity contribution in [2.75, 3.05) is 13.1 Å². The summed E-state index contributed by atoms with van der Waals surface area (Å²) >= 11 is 1.58. The summed E-state index contributed by atoms with van der Waals surface area (Å²) in [5.41, 5.74) is 2.66. The fourth-order valence-corrected chi connectivity index (χ4v) is 4.03. The number of rotatable bonds is 5. The standard InChI is InChI=1S/C17H21N3O2S/c1-4-7-19(8-5-2)17(21)15-11(3)14-13(20(15)22)10-18-12-6-9-23-16(12)14/h6,9-10,22H,4-5,7-8H2,1-3H3. The molecular weight excluding hydrogens is 310 g/mol. The van der Waals surface area contributed by atoms with Crippen LogP contribution in [0.2, 0.25) is 0 Å². The predicted octanol–water partition coefficient (Wildman–Crippen LogP) is 4.06. The first-order valence-electron chi connectivity index (χ1n) is 7.95. The highest BCUT2D eigenvalue weighted by Gasteiger charge is 2.25. The van der Waals surface area contributed by atoms with Crippen LogP contribution in [0, 0.1) is 6.92 Å². The quantitative estimate of drug-likeness (QED) is 0.717. The first kappa shape index (κ1) is 15.8. The van der Waals surface area contributed by atoms with Crippen LogP contribution in [0.25, 0.3) is 21.1 Å². The van der Waals surface area contributed by atoms with Crippen LogP contribution in [-0.4, -0.2) is 38.8 Å². The number of fused-ring (bicyclic) bond motifs is 3. The van der Waals surface area contributed by atoms with E-state index in [0.29, 0.717) is 24.3 Å². The second-order valence-corrected chi connectivity index (χ2v) is 6.65. The van der Waals surface area contributed by atoms with Crippen molar-refractivity contribution in [1.29, 1.82) is 0 Å². The predicted molar refractivity (Wildman–Crippen MR) is 93.5 cm³/mol. The van der Waals surface area contributed by atoms with Crippen LogP contribution in [0.3, 0.4) is 0 Å². The molecule has 23 heavy (non-hydrogen) atoms. The van der Waals surface area contributed by atoms with Gasteiger partial charge in [0.25, 0.3) is 5.91 Å². The molecule has 0 atom stereocenters. The zero-order valence-corrected chi connectivity index (χ0v) is 14.5. The molecule has 0 bridgehead atoms. The van der Waals surface area contributed by atoms with E-state index in [1.165, 1.54) is 0 Å². The minimum Gasteiger partial charge on any atom is -0.428 e. The van der Waals surface area contributed by atoms with Gasteiger partial charge < -0.3 is 10.1 Å². The molecule has 0 saturated heterocycles. The van der Waals surface area contributed by atoms with Crippen LogP contribution in [0.1, 0.15) is 42.7 Å². The van der Waals surface area contributed by atoms with Crippen LogP contribution in [0.15, 0.2) is 17.6 Å². The van der Waals surface area contributed by atoms with E-state index in [4.69, 9.17) is 0 Å². The SMILES string of the molecule is CCCN(CCC)C(=O)c1c(C)c2c3sccc3ncc2n1O. The molecule has 0 radical (unpaired) electrons. The molecule has 3 aromatic rings. The normalized spacial score (nSPS) is 11.4. The fraction of sp³-hybridized carbons (Fsp3) is 0.412. The Balaban J connectivity index is 2.19. The number of nitrogens with zero attached hydrogens (tertiary/aromatic N) is 3. The summed E-state index contributed by atoms with van der Waals surface area (Å²) in [5.74, 6) is -0.116. The lowest BCUT2D eigenvalue weighted by Crippen LogP contribution is -2.34. The molecule has 5 nitrogen and oxygen atoms in total. The molecule has 0 aliphatic rings. The Kier molecular flexibility index (Phi) is 4.26. The molecule has 0 fully saturated rings. The number of carbonyl (C=O) groups excluding carboxylic acids is 1. The van der Waals surface area contributed by atoms with E-state index in [9.17, 15) is 10.0 Å². The molecular formula is C17H21N3O2S. The summed E-state index contributed by atoms with van der Waals surface area (Å²) in [6.07, 6.45) is 3.43. The largest absolute Gasteiger partial charge is 0.428 e. The Labute approximate surface area is 139 Å². The van der Waals surface area contributed by atoms with Crippen molar-refractivity contribution in [3.8, 4) is 0 Å². The number of hydrogen-bond acceptors (Lipinski definition) is 4. The summed E-state index contributed by atoms with van der Waals surface area (Å²) in [4.78, 5) is 19.1. The highest BCUT2D eigenvalue weighted by atomic mass is 32.1. The van der Waals surface area contributed by atoms with Crippen molar-refractivity contribution in [2.24, 2.45) is 0 Å². The lowest BCUT2D eigenvalue weighted by molar-refractivity contribution is 0.0708. The first-order chi connectivity index (χ1) is 11.1. The van der Waals surface area contributed by atoms with Crippen LogP contribution >= 0.6 is 11.3 Å². The number of pyridine rings is 1. The maximum Gasteiger partial charge on any atom is 0.274 e. The third kappa shape index (κ3) is 2.47. The van der Waals surface area contributed by atoms with Crippen LogP contribution < -0.4 is 0 Å². The average Bonchev–Trinajstić information content (AvgIpc) is 3.10. The summed E-state index contributed by atoms with van der Waals surface area (Å²) in [7, 11) is 0. The summed E-state index contributed by atoms with van der Waals surface area (Å²) in [6, 6.07) is 1.95. The van der Waals surface area contributed by atoms with Crippen molar-refractivity contribution in [3.05, 3.63) is 28.9 Å². The second kappa shape index (κ2) is 6.20. The second-order valence-electron chi connectivity index (χ2n) is 5.73. The van der Waals surface area contributed by atoms with Crippen molar-refractivity contribution >= 4 is 38.4 Å². The molecule has 3 rings (SSSR count). The minimum atomic E-state index is -0.116. The first-order valence-corrected chi connectivity index (χ1v) is 8.83. The molecule has 0 spiro atoms. The van der Waals surface area contributed by atoms with E-state index in [1.54, 1.807) is 17.5 Å². The highest BCUT2D eigenvalue weighted by Crippen LogP contribution is 2.33. The fourth-order valence-electron chi connectivity index (χ4n) is 3.08. The zero-order valence-electron chi connectivity index (χ0n) is 13.7. The smallest absolute Gasteiger partial charge is 0.274 e. The van der Waals surface area contributed by atoms with Gasteiger partial charge in [-0.1, -0.05) is 13.8 Å². The van der Waals surface area contributed by atoms with Gasteiger partial charge in [0.05, 0.1) is 16.4 Å².